The van der Waals surface area contributed by atoms with Crippen LogP contribution in [-0.4, -0.2) is 20.2 Å². The van der Waals surface area contributed by atoms with E-state index in [1.165, 1.54) is 0 Å². The highest BCUT2D eigenvalue weighted by Crippen LogP contribution is 2.09. The van der Waals surface area contributed by atoms with Crippen molar-refractivity contribution in [2.45, 2.75) is 27.3 Å². The molecule has 6 heteroatoms. The molecular weight excluding hydrogens is 228 g/mol. The lowest BCUT2D eigenvalue weighted by molar-refractivity contribution is 0.885. The maximum absolute atomic E-state index is 5.69. The molecule has 2 aromatic rings. The fourth-order valence-corrected chi connectivity index (χ4v) is 1.58. The van der Waals surface area contributed by atoms with E-state index in [1.54, 1.807) is 0 Å². The number of anilines is 2. The van der Waals surface area contributed by atoms with Gasteiger partial charge in [0.2, 0.25) is 5.95 Å². The van der Waals surface area contributed by atoms with Crippen LogP contribution < -0.4 is 11.1 Å². The molecule has 0 radical (unpaired) electrons. The summed E-state index contributed by atoms with van der Waals surface area (Å²) in [4.78, 5) is 8.42. The molecule has 2 aromatic heterocycles. The summed E-state index contributed by atoms with van der Waals surface area (Å²) in [6.07, 6.45) is 0. The van der Waals surface area contributed by atoms with Crippen molar-refractivity contribution in [3.63, 3.8) is 0 Å². The number of aryl methyl sites for hydroxylation is 3. The molecule has 18 heavy (non-hydrogen) atoms. The number of nitrogens with one attached hydrogen (secondary N) is 1. The van der Waals surface area contributed by atoms with E-state index in [-0.39, 0.29) is 0 Å². The Kier molecular flexibility index (Phi) is 3.36. The van der Waals surface area contributed by atoms with E-state index in [9.17, 15) is 0 Å². The minimum absolute atomic E-state index is 0.519. The summed E-state index contributed by atoms with van der Waals surface area (Å²) in [5.41, 5.74) is 9.34. The summed E-state index contributed by atoms with van der Waals surface area (Å²) in [5, 5.41) is 11.1. The third-order valence-corrected chi connectivity index (χ3v) is 2.58. The van der Waals surface area contributed by atoms with Gasteiger partial charge in [-0.3, -0.25) is 0 Å². The standard InChI is InChI=1S/C12H16N6/c1-7-4-10(5-11(13)15-7)6-14-12-16-8(2)9(3)17-18-12/h4-5H,6H2,1-3H3,(H2,13,15)(H,14,16,18). The van der Waals surface area contributed by atoms with Gasteiger partial charge in [0.05, 0.1) is 11.4 Å². The van der Waals surface area contributed by atoms with Crippen molar-refractivity contribution in [3.05, 3.63) is 34.8 Å². The van der Waals surface area contributed by atoms with E-state index in [2.05, 4.69) is 25.5 Å². The molecule has 3 N–H and O–H groups in total. The van der Waals surface area contributed by atoms with Crippen LogP contribution in [0.2, 0.25) is 0 Å². The minimum Gasteiger partial charge on any atom is -0.384 e. The lowest BCUT2D eigenvalue weighted by Crippen LogP contribution is -2.08. The molecule has 6 nitrogen and oxygen atoms in total. The van der Waals surface area contributed by atoms with Crippen LogP contribution in [-0.2, 0) is 6.54 Å². The molecule has 0 aliphatic carbocycles. The molecule has 2 heterocycles. The number of pyridine rings is 1. The average Bonchev–Trinajstić information content (AvgIpc) is 2.29. The quantitative estimate of drug-likeness (QED) is 0.848. The Balaban J connectivity index is 2.08. The van der Waals surface area contributed by atoms with Gasteiger partial charge in [0, 0.05) is 12.2 Å². The molecule has 0 fully saturated rings. The van der Waals surface area contributed by atoms with E-state index in [1.807, 2.05) is 32.9 Å². The van der Waals surface area contributed by atoms with E-state index < -0.39 is 0 Å². The second-order valence-corrected chi connectivity index (χ2v) is 4.20. The van der Waals surface area contributed by atoms with Crippen LogP contribution >= 0.6 is 0 Å². The molecule has 0 atom stereocenters. The van der Waals surface area contributed by atoms with Crippen LogP contribution in [0.15, 0.2) is 12.1 Å². The minimum atomic E-state index is 0.519. The molecular formula is C12H16N6. The van der Waals surface area contributed by atoms with E-state index >= 15 is 0 Å². The number of nitrogens with two attached hydrogens (primary N) is 1. The third-order valence-electron chi connectivity index (χ3n) is 2.58. The zero-order chi connectivity index (χ0) is 13.1. The molecule has 0 amide bonds. The molecule has 0 spiro atoms. The molecule has 0 aromatic carbocycles. The van der Waals surface area contributed by atoms with Crippen molar-refractivity contribution in [3.8, 4) is 0 Å². The fourth-order valence-electron chi connectivity index (χ4n) is 1.58. The predicted octanol–water partition coefficient (Wildman–Crippen LogP) is 1.39. The first-order valence-electron chi connectivity index (χ1n) is 5.69. The lowest BCUT2D eigenvalue weighted by atomic mass is 10.2. The first-order valence-corrected chi connectivity index (χ1v) is 5.69. The van der Waals surface area contributed by atoms with Crippen LogP contribution in [0.5, 0.6) is 0 Å². The van der Waals surface area contributed by atoms with Gasteiger partial charge in [-0.25, -0.2) is 9.97 Å². The number of hydrogen-bond acceptors (Lipinski definition) is 6. The van der Waals surface area contributed by atoms with Crippen LogP contribution in [0, 0.1) is 20.8 Å². The maximum atomic E-state index is 5.69. The number of nitrogens with zero attached hydrogens (tertiary/aromatic N) is 4. The second kappa shape index (κ2) is 4.95. The summed E-state index contributed by atoms with van der Waals surface area (Å²) in [7, 11) is 0. The van der Waals surface area contributed by atoms with Crippen molar-refractivity contribution >= 4 is 11.8 Å². The Labute approximate surface area is 106 Å². The summed E-state index contributed by atoms with van der Waals surface area (Å²) in [5.74, 6) is 1.04. The van der Waals surface area contributed by atoms with Crippen molar-refractivity contribution in [2.75, 3.05) is 11.1 Å². The second-order valence-electron chi connectivity index (χ2n) is 4.20. The van der Waals surface area contributed by atoms with Gasteiger partial charge in [-0.05, 0) is 38.5 Å². The monoisotopic (exact) mass is 244 g/mol. The molecule has 2 rings (SSSR count). The highest BCUT2D eigenvalue weighted by Gasteiger charge is 2.02. The van der Waals surface area contributed by atoms with Gasteiger partial charge >= 0.3 is 0 Å². The number of rotatable bonds is 3. The molecule has 94 valence electrons. The maximum Gasteiger partial charge on any atom is 0.243 e. The normalized spacial score (nSPS) is 10.4. The van der Waals surface area contributed by atoms with Gasteiger partial charge in [-0.2, -0.15) is 5.10 Å². The highest BCUT2D eigenvalue weighted by molar-refractivity contribution is 5.36. The smallest absolute Gasteiger partial charge is 0.243 e. The first-order chi connectivity index (χ1) is 8.54. The molecule has 0 aliphatic heterocycles. The van der Waals surface area contributed by atoms with Gasteiger partial charge in [0.25, 0.3) is 0 Å². The third kappa shape index (κ3) is 2.91. The summed E-state index contributed by atoms with van der Waals surface area (Å²) < 4.78 is 0. The first kappa shape index (κ1) is 12.2. The van der Waals surface area contributed by atoms with Crippen molar-refractivity contribution < 1.29 is 0 Å². The Hall–Kier alpha value is -2.24. The van der Waals surface area contributed by atoms with E-state index in [4.69, 9.17) is 5.73 Å². The fraction of sp³-hybridized carbons (Fsp3) is 0.333. The molecule has 0 aliphatic rings. The highest BCUT2D eigenvalue weighted by atomic mass is 15.2. The zero-order valence-electron chi connectivity index (χ0n) is 10.7. The average molecular weight is 244 g/mol. The Morgan fingerprint density at radius 2 is 1.83 bits per heavy atom. The molecule has 0 saturated carbocycles. The molecule has 0 saturated heterocycles. The van der Waals surface area contributed by atoms with Crippen LogP contribution in [0.4, 0.5) is 11.8 Å². The van der Waals surface area contributed by atoms with Crippen LogP contribution in [0.1, 0.15) is 22.6 Å². The van der Waals surface area contributed by atoms with Crippen molar-refractivity contribution in [2.24, 2.45) is 0 Å². The van der Waals surface area contributed by atoms with Crippen LogP contribution in [0.25, 0.3) is 0 Å². The number of aromatic nitrogens is 4. The summed E-state index contributed by atoms with van der Waals surface area (Å²) >= 11 is 0. The number of nitrogen functional groups attached to an aromatic ring is 1. The van der Waals surface area contributed by atoms with Gasteiger partial charge < -0.3 is 11.1 Å². The SMILES string of the molecule is Cc1cc(CNc2nnc(C)c(C)n2)cc(N)n1. The zero-order valence-corrected chi connectivity index (χ0v) is 10.7. The lowest BCUT2D eigenvalue weighted by Gasteiger charge is -2.07. The topological polar surface area (TPSA) is 89.6 Å². The van der Waals surface area contributed by atoms with Gasteiger partial charge in [-0.15, -0.1) is 5.10 Å². The molecule has 0 unspecified atom stereocenters. The van der Waals surface area contributed by atoms with Crippen molar-refractivity contribution in [1.29, 1.82) is 0 Å². The number of hydrogen-bond donors (Lipinski definition) is 2. The van der Waals surface area contributed by atoms with Gasteiger partial charge in [0.1, 0.15) is 5.82 Å². The largest absolute Gasteiger partial charge is 0.384 e. The van der Waals surface area contributed by atoms with Gasteiger partial charge in [-0.1, -0.05) is 0 Å². The summed E-state index contributed by atoms with van der Waals surface area (Å²) in [6.45, 7) is 6.29. The van der Waals surface area contributed by atoms with E-state index in [0.717, 1.165) is 22.6 Å². The Bertz CT molecular complexity index is 546. The Morgan fingerprint density at radius 1 is 1.06 bits per heavy atom. The van der Waals surface area contributed by atoms with Gasteiger partial charge in [0.15, 0.2) is 0 Å². The summed E-state index contributed by atoms with van der Waals surface area (Å²) in [6, 6.07) is 3.80. The van der Waals surface area contributed by atoms with E-state index in [0.29, 0.717) is 18.3 Å². The van der Waals surface area contributed by atoms with Crippen LogP contribution in [0.3, 0.4) is 0 Å². The van der Waals surface area contributed by atoms with Crippen molar-refractivity contribution in [1.82, 2.24) is 20.2 Å². The predicted molar refractivity (Wildman–Crippen MR) is 70.0 cm³/mol. The molecule has 0 bridgehead atoms. The Morgan fingerprint density at radius 3 is 2.50 bits per heavy atom.